The molecule has 0 aromatic rings. The summed E-state index contributed by atoms with van der Waals surface area (Å²) in [6.45, 7) is 17.6. The summed E-state index contributed by atoms with van der Waals surface area (Å²) in [7, 11) is 0. The van der Waals surface area contributed by atoms with Gasteiger partial charge in [0.25, 0.3) is 0 Å². The maximum atomic E-state index is 12.7. The molecule has 1 radical (unpaired) electrons. The lowest BCUT2D eigenvalue weighted by Crippen LogP contribution is -2.60. The highest BCUT2D eigenvalue weighted by Crippen LogP contribution is 2.40. The number of hydrogen-bond acceptors (Lipinski definition) is 4. The number of carbonyl (C=O) groups is 2. The van der Waals surface area contributed by atoms with Crippen LogP contribution in [0.25, 0.3) is 0 Å². The maximum absolute atomic E-state index is 12.7. The number of amides is 2. The topological polar surface area (TPSA) is 90.6 Å². The molecule has 0 saturated carbocycles. The highest BCUT2D eigenvalue weighted by atomic mass is 16.6. The van der Waals surface area contributed by atoms with E-state index in [1.165, 1.54) is 0 Å². The van der Waals surface area contributed by atoms with Crippen molar-refractivity contribution in [3.8, 4) is 0 Å². The molecule has 1 fully saturated rings. The second-order valence-corrected chi connectivity index (χ2v) is 11.1. The maximum Gasteiger partial charge on any atom is 0.408 e. The minimum absolute atomic E-state index is 0.0330. The van der Waals surface area contributed by atoms with Gasteiger partial charge in [-0.2, -0.15) is 0 Å². The molecule has 1 rings (SSSR count). The van der Waals surface area contributed by atoms with Crippen molar-refractivity contribution in [1.29, 1.82) is 0 Å². The molecule has 2 N–H and O–H groups in total. The molecule has 0 spiro atoms. The zero-order valence-electron chi connectivity index (χ0n) is 20.3. The van der Waals surface area contributed by atoms with Crippen LogP contribution in [0.15, 0.2) is 12.2 Å². The number of nitrogens with one attached hydrogen (secondary N) is 2. The SMILES string of the molecule is CC(C)C[C@@H](/C=C/CNC(=O)C1CC(C)(C)N([O])C(C)(C)C1)NC(=O)OC(C)(C)C. The van der Waals surface area contributed by atoms with Gasteiger partial charge in [0.05, 0.1) is 6.04 Å². The molecule has 0 aromatic carbocycles. The number of piperidine rings is 1. The Bertz CT molecular complexity index is 602. The molecule has 0 aliphatic carbocycles. The van der Waals surface area contributed by atoms with Crippen LogP contribution >= 0.6 is 0 Å². The molecule has 0 unspecified atom stereocenters. The van der Waals surface area contributed by atoms with Crippen molar-refractivity contribution in [2.75, 3.05) is 6.54 Å². The summed E-state index contributed by atoms with van der Waals surface area (Å²) in [4.78, 5) is 24.8. The number of alkyl carbamates (subject to hydrolysis) is 1. The largest absolute Gasteiger partial charge is 0.444 e. The summed E-state index contributed by atoms with van der Waals surface area (Å²) >= 11 is 0. The Kier molecular flexibility index (Phi) is 8.93. The van der Waals surface area contributed by atoms with Gasteiger partial charge in [-0.05, 0) is 73.6 Å². The van der Waals surface area contributed by atoms with Gasteiger partial charge in [0, 0.05) is 23.5 Å². The van der Waals surface area contributed by atoms with Crippen LogP contribution in [0.4, 0.5) is 4.79 Å². The number of hydrogen-bond donors (Lipinski definition) is 2. The summed E-state index contributed by atoms with van der Waals surface area (Å²) in [6, 6.07) is -0.168. The predicted molar refractivity (Wildman–Crippen MR) is 118 cm³/mol. The molecule has 1 aliphatic heterocycles. The first-order chi connectivity index (χ1) is 13.5. The first kappa shape index (κ1) is 26.4. The second kappa shape index (κ2) is 10.1. The normalized spacial score (nSPS) is 20.9. The summed E-state index contributed by atoms with van der Waals surface area (Å²) < 4.78 is 5.34. The number of ether oxygens (including phenoxy) is 1. The van der Waals surface area contributed by atoms with E-state index in [9.17, 15) is 14.8 Å². The lowest BCUT2D eigenvalue weighted by Gasteiger charge is -2.49. The second-order valence-electron chi connectivity index (χ2n) is 11.1. The van der Waals surface area contributed by atoms with Crippen LogP contribution in [-0.2, 0) is 14.7 Å². The van der Waals surface area contributed by atoms with Gasteiger partial charge in [-0.15, -0.1) is 10.3 Å². The van der Waals surface area contributed by atoms with Crippen molar-refractivity contribution in [2.24, 2.45) is 11.8 Å². The van der Waals surface area contributed by atoms with Crippen molar-refractivity contribution >= 4 is 12.0 Å². The van der Waals surface area contributed by atoms with Crippen LogP contribution in [-0.4, -0.2) is 46.3 Å². The molecular weight excluding hydrogens is 382 g/mol. The fourth-order valence-electron chi connectivity index (χ4n) is 4.14. The van der Waals surface area contributed by atoms with Crippen LogP contribution in [0.5, 0.6) is 0 Å². The Morgan fingerprint density at radius 1 is 1.13 bits per heavy atom. The fraction of sp³-hybridized carbons (Fsp3) is 0.826. The van der Waals surface area contributed by atoms with Gasteiger partial charge in [0.15, 0.2) is 0 Å². The summed E-state index contributed by atoms with van der Waals surface area (Å²) in [6.07, 6.45) is 5.15. The van der Waals surface area contributed by atoms with E-state index in [2.05, 4.69) is 24.5 Å². The lowest BCUT2D eigenvalue weighted by atomic mass is 9.75. The smallest absolute Gasteiger partial charge is 0.408 e. The molecule has 1 saturated heterocycles. The average Bonchev–Trinajstić information content (AvgIpc) is 2.53. The first-order valence-electron chi connectivity index (χ1n) is 10.9. The van der Waals surface area contributed by atoms with Crippen molar-refractivity contribution in [3.05, 3.63) is 12.2 Å². The molecule has 7 nitrogen and oxygen atoms in total. The van der Waals surface area contributed by atoms with Crippen LogP contribution < -0.4 is 10.6 Å². The van der Waals surface area contributed by atoms with E-state index in [4.69, 9.17) is 4.74 Å². The van der Waals surface area contributed by atoms with Gasteiger partial charge < -0.3 is 15.4 Å². The molecule has 1 aliphatic rings. The van der Waals surface area contributed by atoms with E-state index in [1.54, 1.807) is 0 Å². The van der Waals surface area contributed by atoms with E-state index in [1.807, 2.05) is 60.6 Å². The summed E-state index contributed by atoms with van der Waals surface area (Å²) in [5, 5.41) is 19.4. The third-order valence-corrected chi connectivity index (χ3v) is 5.15. The molecule has 1 atom stereocenters. The molecule has 173 valence electrons. The van der Waals surface area contributed by atoms with E-state index in [0.717, 1.165) is 11.5 Å². The number of nitrogens with zero attached hydrogens (tertiary/aromatic N) is 1. The van der Waals surface area contributed by atoms with Gasteiger partial charge in [0.1, 0.15) is 5.60 Å². The molecular formula is C23H42N3O4. The number of hydroxylamine groups is 2. The molecule has 0 aromatic heterocycles. The Morgan fingerprint density at radius 3 is 2.13 bits per heavy atom. The third kappa shape index (κ3) is 8.64. The van der Waals surface area contributed by atoms with Crippen LogP contribution in [0.1, 0.15) is 81.6 Å². The molecule has 7 heteroatoms. The molecule has 2 amide bonds. The third-order valence-electron chi connectivity index (χ3n) is 5.15. The Morgan fingerprint density at radius 2 is 1.67 bits per heavy atom. The van der Waals surface area contributed by atoms with E-state index in [0.29, 0.717) is 25.3 Å². The van der Waals surface area contributed by atoms with Crippen LogP contribution in [0.2, 0.25) is 0 Å². The molecule has 0 bridgehead atoms. The van der Waals surface area contributed by atoms with Gasteiger partial charge in [-0.3, -0.25) is 4.79 Å². The van der Waals surface area contributed by atoms with Crippen LogP contribution in [0, 0.1) is 11.8 Å². The van der Waals surface area contributed by atoms with E-state index < -0.39 is 22.8 Å². The fourth-order valence-corrected chi connectivity index (χ4v) is 4.14. The van der Waals surface area contributed by atoms with E-state index >= 15 is 0 Å². The summed E-state index contributed by atoms with van der Waals surface area (Å²) in [5.74, 6) is 0.167. The summed E-state index contributed by atoms with van der Waals surface area (Å²) in [5.41, 5.74) is -1.69. The lowest BCUT2D eigenvalue weighted by molar-refractivity contribution is -0.292. The van der Waals surface area contributed by atoms with Crippen molar-refractivity contribution in [1.82, 2.24) is 15.7 Å². The zero-order valence-corrected chi connectivity index (χ0v) is 20.3. The first-order valence-corrected chi connectivity index (χ1v) is 10.9. The van der Waals surface area contributed by atoms with Gasteiger partial charge >= 0.3 is 6.09 Å². The quantitative estimate of drug-likeness (QED) is 0.599. The Labute approximate surface area is 182 Å². The molecule has 30 heavy (non-hydrogen) atoms. The Balaban J connectivity index is 2.63. The van der Waals surface area contributed by atoms with Gasteiger partial charge in [-0.25, -0.2) is 4.79 Å². The van der Waals surface area contributed by atoms with Crippen molar-refractivity contribution < 1.29 is 19.5 Å². The Hall–Kier alpha value is -1.60. The zero-order chi connectivity index (χ0) is 23.3. The van der Waals surface area contributed by atoms with Crippen molar-refractivity contribution in [3.63, 3.8) is 0 Å². The number of rotatable bonds is 7. The van der Waals surface area contributed by atoms with E-state index in [-0.39, 0.29) is 17.9 Å². The highest BCUT2D eigenvalue weighted by Gasteiger charge is 2.47. The van der Waals surface area contributed by atoms with Gasteiger partial charge in [-0.1, -0.05) is 26.0 Å². The van der Waals surface area contributed by atoms with Crippen molar-refractivity contribution in [2.45, 2.75) is 104 Å². The molecule has 1 heterocycles. The van der Waals surface area contributed by atoms with Crippen LogP contribution in [0.3, 0.4) is 0 Å². The van der Waals surface area contributed by atoms with Gasteiger partial charge in [0.2, 0.25) is 5.91 Å². The monoisotopic (exact) mass is 424 g/mol. The standard InChI is InChI=1S/C23H42N3O4/c1-16(2)13-18(25-20(28)30-21(3,4)5)11-10-12-24-19(27)17-14-22(6,7)26(29)23(8,9)15-17/h10-11,16-18H,12-15H2,1-9H3,(H,24,27)(H,25,28)/b11-10+/t18-/m1/s1. The number of carbonyl (C=O) groups excluding carboxylic acids is 2. The minimum Gasteiger partial charge on any atom is -0.444 e. The highest BCUT2D eigenvalue weighted by molar-refractivity contribution is 5.79. The predicted octanol–water partition coefficient (Wildman–Crippen LogP) is 4.21. The minimum atomic E-state index is -0.570. The average molecular weight is 425 g/mol.